The average molecular weight is 331 g/mol. The van der Waals surface area contributed by atoms with Gasteiger partial charge in [-0.3, -0.25) is 4.79 Å². The van der Waals surface area contributed by atoms with Gasteiger partial charge in [0.25, 0.3) is 0 Å². The summed E-state index contributed by atoms with van der Waals surface area (Å²) in [6.45, 7) is 1.27. The third kappa shape index (κ3) is 3.64. The maximum atomic E-state index is 13.8. The predicted octanol–water partition coefficient (Wildman–Crippen LogP) is 2.75. The molecule has 0 saturated carbocycles. The highest BCUT2D eigenvalue weighted by atomic mass is 19.1. The minimum Gasteiger partial charge on any atom is -0.441 e. The lowest BCUT2D eigenvalue weighted by atomic mass is 10.0. The zero-order chi connectivity index (χ0) is 16.9. The molecule has 24 heavy (non-hydrogen) atoms. The van der Waals surface area contributed by atoms with Crippen LogP contribution in [0.5, 0.6) is 0 Å². The topological polar surface area (TPSA) is 72.4 Å². The van der Waals surface area contributed by atoms with Gasteiger partial charge < -0.3 is 15.1 Å². The number of nitrogens with zero attached hydrogens (tertiary/aromatic N) is 2. The monoisotopic (exact) mass is 331 g/mol. The number of aromatic nitrogens is 1. The molecule has 1 aliphatic heterocycles. The largest absolute Gasteiger partial charge is 0.441 e. The van der Waals surface area contributed by atoms with Crippen molar-refractivity contribution in [2.24, 2.45) is 5.73 Å². The highest BCUT2D eigenvalue weighted by Crippen LogP contribution is 2.24. The average Bonchev–Trinajstić information content (AvgIpc) is 3.08. The quantitative estimate of drug-likeness (QED) is 0.914. The zero-order valence-electron chi connectivity index (χ0n) is 13.6. The summed E-state index contributed by atoms with van der Waals surface area (Å²) in [5.41, 5.74) is 6.14. The summed E-state index contributed by atoms with van der Waals surface area (Å²) in [5, 5.41) is 0. The van der Waals surface area contributed by atoms with E-state index >= 15 is 0 Å². The molecule has 6 heteroatoms. The number of amides is 1. The molecule has 1 aromatic carbocycles. The number of nitrogens with two attached hydrogens (primary N) is 1. The molecule has 1 saturated heterocycles. The Labute approximate surface area is 140 Å². The van der Waals surface area contributed by atoms with Gasteiger partial charge >= 0.3 is 0 Å². The third-order valence-corrected chi connectivity index (χ3v) is 4.47. The molecule has 1 fully saturated rings. The number of benzene rings is 1. The minimum absolute atomic E-state index is 0.0794. The van der Waals surface area contributed by atoms with Crippen molar-refractivity contribution >= 4 is 5.91 Å². The van der Waals surface area contributed by atoms with Crippen molar-refractivity contribution in [1.29, 1.82) is 0 Å². The molecule has 0 spiro atoms. The first-order valence-electron chi connectivity index (χ1n) is 8.38. The molecule has 0 aliphatic carbocycles. The van der Waals surface area contributed by atoms with E-state index in [0.717, 1.165) is 25.8 Å². The van der Waals surface area contributed by atoms with Crippen LogP contribution in [0.15, 0.2) is 34.9 Å². The second-order valence-electron chi connectivity index (χ2n) is 6.07. The molecular formula is C18H22FN3O2. The second-order valence-corrected chi connectivity index (χ2v) is 6.07. The van der Waals surface area contributed by atoms with E-state index < -0.39 is 0 Å². The fourth-order valence-corrected chi connectivity index (χ4v) is 3.14. The summed E-state index contributed by atoms with van der Waals surface area (Å²) in [5.74, 6) is 0.558. The molecule has 0 bridgehead atoms. The van der Waals surface area contributed by atoms with Crippen LogP contribution in [0, 0.1) is 5.82 Å². The Bertz CT molecular complexity index is 701. The number of carbonyl (C=O) groups excluding carboxylic acids is 1. The number of halogens is 1. The Hall–Kier alpha value is -2.21. The van der Waals surface area contributed by atoms with Gasteiger partial charge in [0.2, 0.25) is 5.91 Å². The fraction of sp³-hybridized carbons (Fsp3) is 0.444. The lowest BCUT2D eigenvalue weighted by molar-refractivity contribution is -0.134. The summed E-state index contributed by atoms with van der Waals surface area (Å²) in [7, 11) is 0. The lowest BCUT2D eigenvalue weighted by Crippen LogP contribution is -2.47. The van der Waals surface area contributed by atoms with Gasteiger partial charge in [-0.2, -0.15) is 0 Å². The number of hydrogen-bond donors (Lipinski definition) is 1. The third-order valence-electron chi connectivity index (χ3n) is 4.47. The number of oxazole rings is 1. The first kappa shape index (κ1) is 16.6. The Kier molecular flexibility index (Phi) is 5.25. The van der Waals surface area contributed by atoms with E-state index in [9.17, 15) is 9.18 Å². The molecule has 2 aromatic rings. The van der Waals surface area contributed by atoms with E-state index in [1.165, 1.54) is 12.3 Å². The number of likely N-dealkylation sites (tertiary alicyclic amines) is 1. The smallest absolute Gasteiger partial charge is 0.223 e. The van der Waals surface area contributed by atoms with Crippen molar-refractivity contribution in [3.63, 3.8) is 0 Å². The van der Waals surface area contributed by atoms with Crippen molar-refractivity contribution in [3.8, 4) is 11.3 Å². The van der Waals surface area contributed by atoms with Crippen molar-refractivity contribution in [2.75, 3.05) is 13.1 Å². The van der Waals surface area contributed by atoms with Crippen LogP contribution in [0.1, 0.15) is 31.6 Å². The molecule has 1 aromatic heterocycles. The van der Waals surface area contributed by atoms with Crippen LogP contribution in [0.25, 0.3) is 11.3 Å². The van der Waals surface area contributed by atoms with Gasteiger partial charge in [-0.25, -0.2) is 9.37 Å². The molecule has 0 radical (unpaired) electrons. The maximum Gasteiger partial charge on any atom is 0.223 e. The number of carbonyl (C=O) groups is 1. The van der Waals surface area contributed by atoms with E-state index in [4.69, 9.17) is 10.2 Å². The summed E-state index contributed by atoms with van der Waals surface area (Å²) in [6, 6.07) is 6.54. The Morgan fingerprint density at radius 3 is 3.00 bits per heavy atom. The minimum atomic E-state index is -0.351. The van der Waals surface area contributed by atoms with E-state index in [0.29, 0.717) is 36.6 Å². The second kappa shape index (κ2) is 7.57. The van der Waals surface area contributed by atoms with Gasteiger partial charge in [0.05, 0.1) is 11.8 Å². The molecule has 128 valence electrons. The van der Waals surface area contributed by atoms with E-state index in [1.54, 1.807) is 18.2 Å². The maximum absolute atomic E-state index is 13.8. The van der Waals surface area contributed by atoms with E-state index in [-0.39, 0.29) is 17.8 Å². The number of aryl methyl sites for hydroxylation is 1. The van der Waals surface area contributed by atoms with Crippen LogP contribution in [-0.4, -0.2) is 34.9 Å². The Morgan fingerprint density at radius 1 is 1.38 bits per heavy atom. The van der Waals surface area contributed by atoms with E-state index in [2.05, 4.69) is 4.98 Å². The van der Waals surface area contributed by atoms with Gasteiger partial charge in [0.1, 0.15) is 5.82 Å². The van der Waals surface area contributed by atoms with Crippen molar-refractivity contribution < 1.29 is 13.6 Å². The first-order valence-corrected chi connectivity index (χ1v) is 8.38. The van der Waals surface area contributed by atoms with Crippen LogP contribution in [0.4, 0.5) is 4.39 Å². The van der Waals surface area contributed by atoms with Crippen molar-refractivity contribution in [2.45, 2.75) is 38.1 Å². The summed E-state index contributed by atoms with van der Waals surface area (Å²) >= 11 is 0. The molecule has 2 heterocycles. The van der Waals surface area contributed by atoms with Gasteiger partial charge in [-0.1, -0.05) is 12.1 Å². The SMILES string of the molecule is NCC1CCCCN1C(=O)CCc1ncc(-c2ccccc2F)o1. The molecule has 1 atom stereocenters. The standard InChI is InChI=1S/C18H22FN3O2/c19-15-7-2-1-6-14(15)16-12-21-17(24-16)8-9-18(23)22-10-4-3-5-13(22)11-20/h1-2,6-7,12-13H,3-5,8-11,20H2. The van der Waals surface area contributed by atoms with Gasteiger partial charge in [0.15, 0.2) is 11.7 Å². The van der Waals surface area contributed by atoms with Crippen LogP contribution >= 0.6 is 0 Å². The molecule has 3 rings (SSSR count). The van der Waals surface area contributed by atoms with Gasteiger partial charge in [-0.05, 0) is 31.4 Å². The molecule has 1 aliphatic rings. The van der Waals surface area contributed by atoms with Crippen LogP contribution < -0.4 is 5.73 Å². The molecule has 2 N–H and O–H groups in total. The lowest BCUT2D eigenvalue weighted by Gasteiger charge is -2.35. The highest BCUT2D eigenvalue weighted by Gasteiger charge is 2.25. The normalized spacial score (nSPS) is 17.9. The van der Waals surface area contributed by atoms with Crippen molar-refractivity contribution in [3.05, 3.63) is 42.2 Å². The van der Waals surface area contributed by atoms with Gasteiger partial charge in [0, 0.05) is 32.0 Å². The Morgan fingerprint density at radius 2 is 2.21 bits per heavy atom. The molecule has 1 unspecified atom stereocenters. The van der Waals surface area contributed by atoms with E-state index in [1.807, 2.05) is 4.90 Å². The zero-order valence-corrected chi connectivity index (χ0v) is 13.6. The molecule has 1 amide bonds. The predicted molar refractivity (Wildman–Crippen MR) is 88.6 cm³/mol. The number of rotatable bonds is 5. The molecular weight excluding hydrogens is 309 g/mol. The summed E-state index contributed by atoms with van der Waals surface area (Å²) in [4.78, 5) is 18.5. The first-order chi connectivity index (χ1) is 11.7. The highest BCUT2D eigenvalue weighted by molar-refractivity contribution is 5.76. The summed E-state index contributed by atoms with van der Waals surface area (Å²) in [6.07, 6.45) is 5.35. The van der Waals surface area contributed by atoms with Crippen LogP contribution in [-0.2, 0) is 11.2 Å². The number of piperidine rings is 1. The van der Waals surface area contributed by atoms with Crippen LogP contribution in [0.2, 0.25) is 0 Å². The van der Waals surface area contributed by atoms with Crippen LogP contribution in [0.3, 0.4) is 0 Å². The molecule has 5 nitrogen and oxygen atoms in total. The van der Waals surface area contributed by atoms with Crippen molar-refractivity contribution in [1.82, 2.24) is 9.88 Å². The Balaban J connectivity index is 1.61. The summed E-state index contributed by atoms with van der Waals surface area (Å²) < 4.78 is 19.4. The number of hydrogen-bond acceptors (Lipinski definition) is 4. The van der Waals surface area contributed by atoms with Gasteiger partial charge in [-0.15, -0.1) is 0 Å². The fourth-order valence-electron chi connectivity index (χ4n) is 3.14.